The van der Waals surface area contributed by atoms with E-state index in [9.17, 15) is 4.79 Å². The van der Waals surface area contributed by atoms with Gasteiger partial charge < -0.3 is 5.32 Å². The van der Waals surface area contributed by atoms with E-state index in [1.165, 1.54) is 0 Å². The molecule has 0 aromatic heterocycles. The monoisotopic (exact) mass is 201 g/mol. The molecule has 0 heterocycles. The number of anilines is 1. The molecule has 2 nitrogen and oxygen atoms in total. The maximum Gasteiger partial charge on any atom is 0.154 e. The molecule has 1 rings (SSSR count). The molecule has 2 radical (unpaired) electrons. The van der Waals surface area contributed by atoms with Gasteiger partial charge in [-0.1, -0.05) is 0 Å². The molecule has 0 aliphatic carbocycles. The van der Waals surface area contributed by atoms with Crippen LogP contribution in [0.5, 0.6) is 0 Å². The van der Waals surface area contributed by atoms with Crippen molar-refractivity contribution in [3.05, 3.63) is 29.8 Å². The minimum atomic E-state index is -0.0303. The Kier molecular flexibility index (Phi) is 3.56. The van der Waals surface area contributed by atoms with Gasteiger partial charge in [0.15, 0.2) is 5.78 Å². The van der Waals surface area contributed by atoms with Gasteiger partial charge in [-0.3, -0.25) is 4.79 Å². The molecule has 15 heavy (non-hydrogen) atoms. The number of Topliss-reactive ketones (excluding diaryl/α,β-unsaturated/α-hetero) is 1. The quantitative estimate of drug-likeness (QED) is 0.601. The van der Waals surface area contributed by atoms with Crippen LogP contribution < -0.4 is 5.32 Å². The summed E-state index contributed by atoms with van der Waals surface area (Å²) >= 11 is 0. The van der Waals surface area contributed by atoms with E-state index in [0.29, 0.717) is 5.56 Å². The smallest absolute Gasteiger partial charge is 0.154 e. The van der Waals surface area contributed by atoms with Crippen LogP contribution in [0.3, 0.4) is 0 Å². The molecular formula is C12H16BNO. The third-order valence-electron chi connectivity index (χ3n) is 1.91. The van der Waals surface area contributed by atoms with Crippen molar-refractivity contribution >= 4 is 19.3 Å². The van der Waals surface area contributed by atoms with Crippen molar-refractivity contribution in [1.29, 1.82) is 0 Å². The van der Waals surface area contributed by atoms with Crippen LogP contribution >= 0.6 is 0 Å². The lowest BCUT2D eigenvalue weighted by Gasteiger charge is -2.22. The summed E-state index contributed by atoms with van der Waals surface area (Å²) in [5.41, 5.74) is 1.70. The second-order valence-electron chi connectivity index (χ2n) is 4.58. The molecular weight excluding hydrogens is 185 g/mol. The maximum absolute atomic E-state index is 11.3. The van der Waals surface area contributed by atoms with Crippen LogP contribution in [0.1, 0.15) is 31.1 Å². The number of benzene rings is 1. The van der Waals surface area contributed by atoms with Crippen LogP contribution in [-0.2, 0) is 0 Å². The first kappa shape index (κ1) is 11.8. The third-order valence-corrected chi connectivity index (χ3v) is 1.91. The average Bonchev–Trinajstić information content (AvgIpc) is 2.15. The molecule has 0 atom stereocenters. The highest BCUT2D eigenvalue weighted by Crippen LogP contribution is 2.15. The van der Waals surface area contributed by atoms with Gasteiger partial charge in [0.05, 0.1) is 7.85 Å². The van der Waals surface area contributed by atoms with Gasteiger partial charge >= 0.3 is 0 Å². The zero-order valence-electron chi connectivity index (χ0n) is 9.50. The highest BCUT2D eigenvalue weighted by molar-refractivity contribution is 6.24. The molecule has 0 unspecified atom stereocenters. The van der Waals surface area contributed by atoms with Crippen molar-refractivity contribution in [2.24, 2.45) is 0 Å². The van der Waals surface area contributed by atoms with Gasteiger partial charge in [0, 0.05) is 16.8 Å². The normalized spacial score (nSPS) is 11.1. The van der Waals surface area contributed by atoms with Gasteiger partial charge in [0.1, 0.15) is 0 Å². The third kappa shape index (κ3) is 3.78. The number of rotatable bonds is 3. The van der Waals surface area contributed by atoms with Gasteiger partial charge in [-0.15, -0.1) is 0 Å². The van der Waals surface area contributed by atoms with Crippen LogP contribution in [0.25, 0.3) is 0 Å². The number of hydrogen-bond acceptors (Lipinski definition) is 2. The zero-order chi connectivity index (χ0) is 11.5. The Morgan fingerprint density at radius 3 is 2.20 bits per heavy atom. The lowest BCUT2D eigenvalue weighted by atomic mass is 9.96. The van der Waals surface area contributed by atoms with E-state index < -0.39 is 0 Å². The van der Waals surface area contributed by atoms with Gasteiger partial charge in [0.2, 0.25) is 0 Å². The van der Waals surface area contributed by atoms with Crippen molar-refractivity contribution in [3.63, 3.8) is 0 Å². The number of carbonyl (C=O) groups is 1. The van der Waals surface area contributed by atoms with Crippen LogP contribution in [0, 0.1) is 0 Å². The Hall–Kier alpha value is -1.25. The van der Waals surface area contributed by atoms with Crippen molar-refractivity contribution in [3.8, 4) is 0 Å². The van der Waals surface area contributed by atoms with E-state index in [1.807, 2.05) is 12.1 Å². The summed E-state index contributed by atoms with van der Waals surface area (Å²) in [5, 5.41) is 3.32. The van der Waals surface area contributed by atoms with Gasteiger partial charge in [-0.05, 0) is 51.4 Å². The number of ketones is 1. The van der Waals surface area contributed by atoms with E-state index in [-0.39, 0.29) is 17.6 Å². The first-order chi connectivity index (χ1) is 6.92. The van der Waals surface area contributed by atoms with Gasteiger partial charge in [-0.2, -0.15) is 0 Å². The molecule has 0 bridgehead atoms. The largest absolute Gasteiger partial charge is 0.380 e. The molecule has 78 valence electrons. The molecule has 0 amide bonds. The zero-order valence-corrected chi connectivity index (χ0v) is 9.50. The predicted molar refractivity (Wildman–Crippen MR) is 64.7 cm³/mol. The predicted octanol–water partition coefficient (Wildman–Crippen LogP) is 2.67. The SMILES string of the molecule is [B]CC(=O)c1ccc(NC(C)(C)C)cc1. The fraction of sp³-hybridized carbons (Fsp3) is 0.417. The first-order valence-corrected chi connectivity index (χ1v) is 5.04. The topological polar surface area (TPSA) is 29.1 Å². The molecule has 1 aromatic carbocycles. The summed E-state index contributed by atoms with van der Waals surface area (Å²) in [6.45, 7) is 6.27. The van der Waals surface area contributed by atoms with Crippen molar-refractivity contribution in [2.75, 3.05) is 5.32 Å². The Labute approximate surface area is 92.5 Å². The fourth-order valence-corrected chi connectivity index (χ4v) is 1.29. The van der Waals surface area contributed by atoms with Crippen LogP contribution in [0.4, 0.5) is 5.69 Å². The lowest BCUT2D eigenvalue weighted by Crippen LogP contribution is -2.25. The first-order valence-electron chi connectivity index (χ1n) is 5.04. The highest BCUT2D eigenvalue weighted by Gasteiger charge is 2.09. The molecule has 0 saturated carbocycles. The molecule has 1 N–H and O–H groups in total. The standard InChI is InChI=1S/C12H16BNO/c1-12(2,3)14-10-6-4-9(5-7-10)11(15)8-13/h4-7,14H,8H2,1-3H3. The molecule has 0 aliphatic rings. The highest BCUT2D eigenvalue weighted by atomic mass is 16.1. The molecule has 0 aliphatic heterocycles. The Bertz CT molecular complexity index is 338. The molecule has 3 heteroatoms. The molecule has 0 fully saturated rings. The van der Waals surface area contributed by atoms with Crippen LogP contribution in [-0.4, -0.2) is 19.2 Å². The van der Waals surface area contributed by atoms with E-state index in [4.69, 9.17) is 7.85 Å². The summed E-state index contributed by atoms with van der Waals surface area (Å²) in [5.74, 6) is -0.0303. The Morgan fingerprint density at radius 2 is 1.80 bits per heavy atom. The van der Waals surface area contributed by atoms with Crippen LogP contribution in [0.2, 0.25) is 6.32 Å². The van der Waals surface area contributed by atoms with Crippen molar-refractivity contribution < 1.29 is 4.79 Å². The summed E-state index contributed by atoms with van der Waals surface area (Å²) in [4.78, 5) is 11.3. The van der Waals surface area contributed by atoms with Gasteiger partial charge in [0.25, 0.3) is 0 Å². The average molecular weight is 201 g/mol. The summed E-state index contributed by atoms with van der Waals surface area (Å²) in [6, 6.07) is 7.38. The molecule has 0 saturated heterocycles. The second-order valence-corrected chi connectivity index (χ2v) is 4.58. The van der Waals surface area contributed by atoms with E-state index in [1.54, 1.807) is 12.1 Å². The second kappa shape index (κ2) is 4.52. The number of nitrogens with one attached hydrogen (secondary N) is 1. The van der Waals surface area contributed by atoms with Crippen molar-refractivity contribution in [2.45, 2.75) is 32.6 Å². The minimum absolute atomic E-state index is 0.0272. The number of carbonyl (C=O) groups excluding carboxylic acids is 1. The fourth-order valence-electron chi connectivity index (χ4n) is 1.29. The number of hydrogen-bond donors (Lipinski definition) is 1. The van der Waals surface area contributed by atoms with Crippen LogP contribution in [0.15, 0.2) is 24.3 Å². The maximum atomic E-state index is 11.3. The minimum Gasteiger partial charge on any atom is -0.380 e. The molecule has 0 spiro atoms. The van der Waals surface area contributed by atoms with E-state index >= 15 is 0 Å². The Morgan fingerprint density at radius 1 is 1.27 bits per heavy atom. The van der Waals surface area contributed by atoms with Gasteiger partial charge in [-0.25, -0.2) is 0 Å². The van der Waals surface area contributed by atoms with E-state index in [0.717, 1.165) is 5.69 Å². The lowest BCUT2D eigenvalue weighted by molar-refractivity contribution is 0.101. The summed E-state index contributed by atoms with van der Waals surface area (Å²) in [7, 11) is 5.28. The summed E-state index contributed by atoms with van der Waals surface area (Å²) in [6.07, 6.45) is 0.0616. The Balaban J connectivity index is 2.77. The van der Waals surface area contributed by atoms with Crippen molar-refractivity contribution in [1.82, 2.24) is 0 Å². The summed E-state index contributed by atoms with van der Waals surface area (Å²) < 4.78 is 0. The molecule has 1 aromatic rings. The van der Waals surface area contributed by atoms with E-state index in [2.05, 4.69) is 26.1 Å².